The number of nitrogens with zero attached hydrogens (tertiary/aromatic N) is 3. The van der Waals surface area contributed by atoms with E-state index in [-0.39, 0.29) is 35.3 Å². The topological polar surface area (TPSA) is 60.0 Å². The van der Waals surface area contributed by atoms with E-state index in [9.17, 15) is 4.79 Å². The predicted molar refractivity (Wildman–Crippen MR) is 132 cm³/mol. The van der Waals surface area contributed by atoms with Crippen LogP contribution in [0.25, 0.3) is 0 Å². The molecule has 0 aliphatic carbocycles. The molecule has 0 saturated carbocycles. The Morgan fingerprint density at radius 2 is 1.72 bits per heavy atom. The summed E-state index contributed by atoms with van der Waals surface area (Å²) in [5, 5.41) is 6.87. The summed E-state index contributed by atoms with van der Waals surface area (Å²) in [5.41, 5.74) is 2.72. The van der Waals surface area contributed by atoms with Crippen LogP contribution in [0.15, 0.2) is 29.3 Å². The van der Waals surface area contributed by atoms with Gasteiger partial charge >= 0.3 is 0 Å². The Kier molecular flexibility index (Phi) is 11.0. The average molecular weight is 515 g/mol. The van der Waals surface area contributed by atoms with Gasteiger partial charge in [-0.2, -0.15) is 0 Å². The van der Waals surface area contributed by atoms with Crippen molar-refractivity contribution in [2.45, 2.75) is 39.5 Å². The summed E-state index contributed by atoms with van der Waals surface area (Å²) in [5.74, 6) is 1.01. The standard InChI is InChI=1S/C22H37N5O.HI/c1-6-19-7-9-20(10-8-19)22(3,4)17-25-21(23-5)24-11-12-26-13-15-27(16-14-26)18(2)28;/h7-10H,6,11-17H2,1-5H3,(H2,23,24,25);1H. The van der Waals surface area contributed by atoms with Gasteiger partial charge in [0.05, 0.1) is 0 Å². The lowest BCUT2D eigenvalue weighted by Gasteiger charge is -2.34. The first-order valence-electron chi connectivity index (χ1n) is 10.4. The van der Waals surface area contributed by atoms with E-state index in [1.165, 1.54) is 11.1 Å². The Labute approximate surface area is 193 Å². The van der Waals surface area contributed by atoms with Gasteiger partial charge in [-0.15, -0.1) is 24.0 Å². The second kappa shape index (κ2) is 12.4. The van der Waals surface area contributed by atoms with Crippen molar-refractivity contribution >= 4 is 35.8 Å². The van der Waals surface area contributed by atoms with E-state index in [1.54, 1.807) is 6.92 Å². The number of carbonyl (C=O) groups excluding carboxylic acids is 1. The zero-order valence-electron chi connectivity index (χ0n) is 18.6. The van der Waals surface area contributed by atoms with Crippen LogP contribution in [-0.2, 0) is 16.6 Å². The van der Waals surface area contributed by atoms with E-state index >= 15 is 0 Å². The SMILES string of the molecule is CCc1ccc(C(C)(C)CNC(=NC)NCCN2CCN(C(C)=O)CC2)cc1.I. The molecule has 164 valence electrons. The van der Waals surface area contributed by atoms with Gasteiger partial charge in [-0.3, -0.25) is 14.7 Å². The monoisotopic (exact) mass is 515 g/mol. The molecule has 1 aromatic carbocycles. The van der Waals surface area contributed by atoms with Crippen molar-refractivity contribution in [1.82, 2.24) is 20.4 Å². The lowest BCUT2D eigenvalue weighted by atomic mass is 9.84. The van der Waals surface area contributed by atoms with E-state index in [0.29, 0.717) is 0 Å². The fourth-order valence-corrected chi connectivity index (χ4v) is 3.44. The van der Waals surface area contributed by atoms with Gasteiger partial charge in [0.25, 0.3) is 0 Å². The molecule has 2 N–H and O–H groups in total. The van der Waals surface area contributed by atoms with Crippen LogP contribution < -0.4 is 10.6 Å². The minimum absolute atomic E-state index is 0. The number of piperazine rings is 1. The Morgan fingerprint density at radius 1 is 1.10 bits per heavy atom. The van der Waals surface area contributed by atoms with Crippen molar-refractivity contribution in [2.75, 3.05) is 52.9 Å². The van der Waals surface area contributed by atoms with Crippen LogP contribution >= 0.6 is 24.0 Å². The fraction of sp³-hybridized carbons (Fsp3) is 0.636. The maximum Gasteiger partial charge on any atom is 0.219 e. The summed E-state index contributed by atoms with van der Waals surface area (Å²) in [6.45, 7) is 14.5. The van der Waals surface area contributed by atoms with Crippen molar-refractivity contribution in [3.8, 4) is 0 Å². The second-order valence-corrected chi connectivity index (χ2v) is 8.13. The van der Waals surface area contributed by atoms with Crippen molar-refractivity contribution in [2.24, 2.45) is 4.99 Å². The van der Waals surface area contributed by atoms with E-state index in [0.717, 1.165) is 58.2 Å². The smallest absolute Gasteiger partial charge is 0.219 e. The predicted octanol–water partition coefficient (Wildman–Crippen LogP) is 2.47. The number of amides is 1. The third kappa shape index (κ3) is 8.12. The van der Waals surface area contributed by atoms with E-state index in [1.807, 2.05) is 11.9 Å². The molecule has 0 radical (unpaired) electrons. The average Bonchev–Trinajstić information content (AvgIpc) is 2.71. The molecular weight excluding hydrogens is 477 g/mol. The summed E-state index contributed by atoms with van der Waals surface area (Å²) in [6.07, 6.45) is 1.07. The third-order valence-electron chi connectivity index (χ3n) is 5.60. The number of hydrogen-bond donors (Lipinski definition) is 2. The molecule has 2 rings (SSSR count). The maximum absolute atomic E-state index is 11.4. The zero-order valence-corrected chi connectivity index (χ0v) is 21.0. The molecule has 1 aliphatic rings. The number of hydrogen-bond acceptors (Lipinski definition) is 3. The summed E-state index contributed by atoms with van der Waals surface area (Å²) in [6, 6.07) is 8.90. The van der Waals surface area contributed by atoms with Crippen LogP contribution in [0.4, 0.5) is 0 Å². The van der Waals surface area contributed by atoms with Gasteiger partial charge in [0, 0.05) is 65.2 Å². The molecule has 1 saturated heterocycles. The molecule has 29 heavy (non-hydrogen) atoms. The molecule has 0 aromatic heterocycles. The third-order valence-corrected chi connectivity index (χ3v) is 5.60. The highest BCUT2D eigenvalue weighted by Crippen LogP contribution is 2.22. The molecule has 0 atom stereocenters. The van der Waals surface area contributed by atoms with Crippen LogP contribution in [0.2, 0.25) is 0 Å². The van der Waals surface area contributed by atoms with Crippen molar-refractivity contribution in [3.63, 3.8) is 0 Å². The van der Waals surface area contributed by atoms with Gasteiger partial charge in [-0.05, 0) is 17.5 Å². The molecule has 0 bridgehead atoms. The molecule has 1 aromatic rings. The second-order valence-electron chi connectivity index (χ2n) is 8.13. The van der Waals surface area contributed by atoms with E-state index in [4.69, 9.17) is 0 Å². The Hall–Kier alpha value is -1.35. The number of carbonyl (C=O) groups is 1. The zero-order chi connectivity index (χ0) is 20.6. The first kappa shape index (κ1) is 25.7. The molecule has 6 nitrogen and oxygen atoms in total. The van der Waals surface area contributed by atoms with E-state index in [2.05, 4.69) is 65.6 Å². The highest BCUT2D eigenvalue weighted by atomic mass is 127. The van der Waals surface area contributed by atoms with Crippen LogP contribution in [-0.4, -0.2) is 74.5 Å². The fourth-order valence-electron chi connectivity index (χ4n) is 3.44. The number of aryl methyl sites for hydroxylation is 1. The highest BCUT2D eigenvalue weighted by Gasteiger charge is 2.21. The molecule has 0 unspecified atom stereocenters. The number of halogens is 1. The summed E-state index contributed by atoms with van der Waals surface area (Å²) in [7, 11) is 1.81. The summed E-state index contributed by atoms with van der Waals surface area (Å²) in [4.78, 5) is 20.1. The Bertz CT molecular complexity index is 652. The normalized spacial score (nSPS) is 15.6. The molecule has 1 aliphatic heterocycles. The number of aliphatic imine (C=N–C) groups is 1. The first-order chi connectivity index (χ1) is 13.4. The largest absolute Gasteiger partial charge is 0.356 e. The van der Waals surface area contributed by atoms with Crippen LogP contribution in [0, 0.1) is 0 Å². The van der Waals surface area contributed by atoms with Crippen LogP contribution in [0.1, 0.15) is 38.8 Å². The number of benzene rings is 1. The molecule has 1 fully saturated rings. The quantitative estimate of drug-likeness (QED) is 0.333. The van der Waals surface area contributed by atoms with Crippen molar-refractivity contribution in [3.05, 3.63) is 35.4 Å². The maximum atomic E-state index is 11.4. The van der Waals surface area contributed by atoms with Gasteiger partial charge in [0.2, 0.25) is 5.91 Å². The first-order valence-corrected chi connectivity index (χ1v) is 10.4. The molecular formula is C22H38IN5O. The van der Waals surface area contributed by atoms with Crippen molar-refractivity contribution in [1.29, 1.82) is 0 Å². The van der Waals surface area contributed by atoms with Gasteiger partial charge in [-0.1, -0.05) is 45.0 Å². The van der Waals surface area contributed by atoms with Crippen molar-refractivity contribution < 1.29 is 4.79 Å². The summed E-state index contributed by atoms with van der Waals surface area (Å²) >= 11 is 0. The number of guanidine groups is 1. The van der Waals surface area contributed by atoms with Crippen LogP contribution in [0.3, 0.4) is 0 Å². The van der Waals surface area contributed by atoms with Crippen LogP contribution in [0.5, 0.6) is 0 Å². The molecule has 7 heteroatoms. The summed E-state index contributed by atoms with van der Waals surface area (Å²) < 4.78 is 0. The minimum Gasteiger partial charge on any atom is -0.356 e. The molecule has 0 spiro atoms. The molecule has 1 heterocycles. The minimum atomic E-state index is 0. The lowest BCUT2D eigenvalue weighted by Crippen LogP contribution is -2.50. The Balaban J connectivity index is 0.00000420. The Morgan fingerprint density at radius 3 is 2.24 bits per heavy atom. The van der Waals surface area contributed by atoms with Gasteiger partial charge in [0.15, 0.2) is 5.96 Å². The van der Waals surface area contributed by atoms with E-state index < -0.39 is 0 Å². The lowest BCUT2D eigenvalue weighted by molar-refractivity contribution is -0.130. The highest BCUT2D eigenvalue weighted by molar-refractivity contribution is 14.0. The van der Waals surface area contributed by atoms with Gasteiger partial charge in [0.1, 0.15) is 0 Å². The van der Waals surface area contributed by atoms with Gasteiger partial charge < -0.3 is 15.5 Å². The number of nitrogens with one attached hydrogen (secondary N) is 2. The van der Waals surface area contributed by atoms with Gasteiger partial charge in [-0.25, -0.2) is 0 Å². The molecule has 1 amide bonds. The number of rotatable bonds is 7.